The number of imidazole rings is 1. The van der Waals surface area contributed by atoms with E-state index in [9.17, 15) is 9.70 Å². The van der Waals surface area contributed by atoms with Crippen molar-refractivity contribution in [3.63, 3.8) is 0 Å². The molecular weight excluding hydrogens is 174 g/mol. The number of aromatic nitrogens is 2. The van der Waals surface area contributed by atoms with Gasteiger partial charge < -0.3 is 10.3 Å². The van der Waals surface area contributed by atoms with E-state index < -0.39 is 0 Å². The second-order valence-corrected chi connectivity index (χ2v) is 2.29. The maximum Gasteiger partial charge on any atom is 0.271 e. The van der Waals surface area contributed by atoms with Crippen molar-refractivity contribution in [2.75, 3.05) is 19.1 Å². The molecule has 0 bridgehead atoms. The van der Waals surface area contributed by atoms with Gasteiger partial charge in [-0.3, -0.25) is 4.79 Å². The monoisotopic (exact) mass is 183 g/mol. The smallest absolute Gasteiger partial charge is 0.271 e. The van der Waals surface area contributed by atoms with Crippen LogP contribution in [0.1, 0.15) is 10.5 Å². The summed E-state index contributed by atoms with van der Waals surface area (Å²) in [4.78, 5) is 27.7. The third-order valence-corrected chi connectivity index (χ3v) is 1.50. The van der Waals surface area contributed by atoms with Gasteiger partial charge in [-0.25, -0.2) is 9.99 Å². The number of nitroso groups, excluding NO2 is 1. The van der Waals surface area contributed by atoms with E-state index >= 15 is 0 Å². The Hall–Kier alpha value is -1.92. The summed E-state index contributed by atoms with van der Waals surface area (Å²) in [7, 11) is 2.90. The minimum Gasteiger partial charge on any atom is -0.354 e. The minimum atomic E-state index is -0.344. The highest BCUT2D eigenvalue weighted by molar-refractivity contribution is 5.96. The SMILES string of the molecule is CNC(=O)c1[nH]cnc1N(C)N=O. The number of hydrogen-bond donors (Lipinski definition) is 2. The number of hydrogen-bond acceptors (Lipinski definition) is 4. The number of H-pyrrole nitrogens is 1. The lowest BCUT2D eigenvalue weighted by Crippen LogP contribution is -2.21. The van der Waals surface area contributed by atoms with Crippen LogP contribution in [-0.4, -0.2) is 30.0 Å². The maximum absolute atomic E-state index is 11.2. The van der Waals surface area contributed by atoms with Gasteiger partial charge in [-0.15, -0.1) is 4.91 Å². The van der Waals surface area contributed by atoms with Crippen LogP contribution in [0.4, 0.5) is 5.82 Å². The first kappa shape index (κ1) is 9.17. The summed E-state index contributed by atoms with van der Waals surface area (Å²) in [6.45, 7) is 0. The molecule has 0 saturated heterocycles. The van der Waals surface area contributed by atoms with Crippen LogP contribution in [0.2, 0.25) is 0 Å². The number of rotatable bonds is 3. The van der Waals surface area contributed by atoms with Crippen molar-refractivity contribution >= 4 is 11.7 Å². The first-order valence-corrected chi connectivity index (χ1v) is 3.53. The minimum absolute atomic E-state index is 0.203. The second-order valence-electron chi connectivity index (χ2n) is 2.29. The normalized spacial score (nSPS) is 9.38. The largest absolute Gasteiger partial charge is 0.354 e. The summed E-state index contributed by atoms with van der Waals surface area (Å²) in [5.41, 5.74) is 0.213. The zero-order valence-electron chi connectivity index (χ0n) is 7.24. The number of amides is 1. The second kappa shape index (κ2) is 3.65. The number of nitrogens with one attached hydrogen (secondary N) is 2. The van der Waals surface area contributed by atoms with E-state index in [4.69, 9.17) is 0 Å². The van der Waals surface area contributed by atoms with Gasteiger partial charge in [0.25, 0.3) is 5.91 Å². The van der Waals surface area contributed by atoms with E-state index in [1.807, 2.05) is 0 Å². The van der Waals surface area contributed by atoms with Crippen LogP contribution >= 0.6 is 0 Å². The molecule has 1 rings (SSSR count). The molecule has 2 N–H and O–H groups in total. The van der Waals surface area contributed by atoms with Crippen LogP contribution in [0, 0.1) is 4.91 Å². The Morgan fingerprint density at radius 3 is 3.00 bits per heavy atom. The molecule has 0 fully saturated rings. The molecule has 1 aromatic rings. The lowest BCUT2D eigenvalue weighted by atomic mass is 10.4. The molecule has 0 unspecified atom stereocenters. The summed E-state index contributed by atoms with van der Waals surface area (Å²) in [5.74, 6) is -0.141. The molecule has 1 heterocycles. The van der Waals surface area contributed by atoms with Gasteiger partial charge in [0, 0.05) is 14.1 Å². The third kappa shape index (κ3) is 1.63. The highest BCUT2D eigenvalue weighted by Crippen LogP contribution is 2.13. The molecule has 0 spiro atoms. The molecule has 0 aliphatic carbocycles. The first-order chi connectivity index (χ1) is 6.20. The molecule has 0 saturated carbocycles. The van der Waals surface area contributed by atoms with Crippen molar-refractivity contribution < 1.29 is 4.79 Å². The molecule has 0 atom stereocenters. The quantitative estimate of drug-likeness (QED) is 0.505. The van der Waals surface area contributed by atoms with Gasteiger partial charge in [0.1, 0.15) is 0 Å². The average molecular weight is 183 g/mol. The fourth-order valence-corrected chi connectivity index (χ4v) is 0.863. The van der Waals surface area contributed by atoms with Crippen LogP contribution in [0.3, 0.4) is 0 Å². The Morgan fingerprint density at radius 1 is 1.77 bits per heavy atom. The van der Waals surface area contributed by atoms with E-state index in [1.54, 1.807) is 0 Å². The molecule has 0 aromatic carbocycles. The van der Waals surface area contributed by atoms with Crippen molar-refractivity contribution in [1.29, 1.82) is 0 Å². The van der Waals surface area contributed by atoms with Gasteiger partial charge in [-0.05, 0) is 0 Å². The molecule has 70 valence electrons. The Morgan fingerprint density at radius 2 is 2.46 bits per heavy atom. The summed E-state index contributed by atoms with van der Waals surface area (Å²) in [6.07, 6.45) is 1.32. The number of anilines is 1. The summed E-state index contributed by atoms with van der Waals surface area (Å²) in [6, 6.07) is 0. The van der Waals surface area contributed by atoms with E-state index in [0.717, 1.165) is 5.01 Å². The van der Waals surface area contributed by atoms with E-state index in [0.29, 0.717) is 0 Å². The van der Waals surface area contributed by atoms with Gasteiger partial charge in [0.15, 0.2) is 11.5 Å². The number of carbonyl (C=O) groups excluding carboxylic acids is 1. The van der Waals surface area contributed by atoms with Crippen molar-refractivity contribution in [1.82, 2.24) is 15.3 Å². The predicted molar refractivity (Wildman–Crippen MR) is 46.2 cm³/mol. The Kier molecular flexibility index (Phi) is 2.58. The molecule has 13 heavy (non-hydrogen) atoms. The van der Waals surface area contributed by atoms with Crippen molar-refractivity contribution in [2.45, 2.75) is 0 Å². The van der Waals surface area contributed by atoms with E-state index in [-0.39, 0.29) is 17.4 Å². The van der Waals surface area contributed by atoms with E-state index in [2.05, 4.69) is 20.6 Å². The van der Waals surface area contributed by atoms with Crippen LogP contribution in [0.5, 0.6) is 0 Å². The van der Waals surface area contributed by atoms with Crippen molar-refractivity contribution in [2.24, 2.45) is 5.29 Å². The molecule has 1 amide bonds. The molecule has 0 radical (unpaired) electrons. The molecule has 0 aliphatic rings. The number of carbonyl (C=O) groups is 1. The predicted octanol–water partition coefficient (Wildman–Crippen LogP) is -0.113. The molecule has 7 nitrogen and oxygen atoms in total. The molecular formula is C6H9N5O2. The van der Waals surface area contributed by atoms with Gasteiger partial charge in [0.05, 0.1) is 11.6 Å². The van der Waals surface area contributed by atoms with Crippen LogP contribution < -0.4 is 10.3 Å². The highest BCUT2D eigenvalue weighted by atomic mass is 16.3. The Balaban J connectivity index is 3.02. The van der Waals surface area contributed by atoms with Crippen LogP contribution in [0.15, 0.2) is 11.6 Å². The first-order valence-electron chi connectivity index (χ1n) is 3.53. The Bertz CT molecular complexity index is 321. The Labute approximate surface area is 74.1 Å². The van der Waals surface area contributed by atoms with Crippen LogP contribution in [-0.2, 0) is 0 Å². The number of nitrogens with zero attached hydrogens (tertiary/aromatic N) is 3. The van der Waals surface area contributed by atoms with Gasteiger partial charge in [-0.1, -0.05) is 0 Å². The fourth-order valence-electron chi connectivity index (χ4n) is 0.863. The third-order valence-electron chi connectivity index (χ3n) is 1.50. The lowest BCUT2D eigenvalue weighted by molar-refractivity contribution is 0.0959. The lowest BCUT2D eigenvalue weighted by Gasteiger charge is -2.06. The summed E-state index contributed by atoms with van der Waals surface area (Å²) < 4.78 is 0. The zero-order chi connectivity index (χ0) is 9.84. The van der Waals surface area contributed by atoms with Gasteiger partial charge >= 0.3 is 0 Å². The van der Waals surface area contributed by atoms with Crippen molar-refractivity contribution in [3.8, 4) is 0 Å². The maximum atomic E-state index is 11.2. The van der Waals surface area contributed by atoms with Crippen molar-refractivity contribution in [3.05, 3.63) is 16.9 Å². The standard InChI is InChI=1S/C6H9N5O2/c1-7-6(12)4-5(9-3-8-4)11(2)10-13/h3H,1-2H3,(H,7,12)(H,8,9). The summed E-state index contributed by atoms with van der Waals surface area (Å²) in [5, 5.41) is 6.01. The zero-order valence-corrected chi connectivity index (χ0v) is 7.24. The fraction of sp³-hybridized carbons (Fsp3) is 0.333. The molecule has 0 aliphatic heterocycles. The highest BCUT2D eigenvalue weighted by Gasteiger charge is 2.16. The number of aromatic amines is 1. The molecule has 7 heteroatoms. The van der Waals surface area contributed by atoms with Gasteiger partial charge in [0.2, 0.25) is 0 Å². The van der Waals surface area contributed by atoms with Crippen LogP contribution in [0.25, 0.3) is 0 Å². The summed E-state index contributed by atoms with van der Waals surface area (Å²) >= 11 is 0. The molecule has 1 aromatic heterocycles. The topological polar surface area (TPSA) is 90.4 Å². The van der Waals surface area contributed by atoms with E-state index in [1.165, 1.54) is 20.4 Å². The van der Waals surface area contributed by atoms with Gasteiger partial charge in [-0.2, -0.15) is 0 Å². The average Bonchev–Trinajstić information content (AvgIpc) is 2.63.